The molecule has 2 fully saturated rings. The molecule has 1 amide bonds. The summed E-state index contributed by atoms with van der Waals surface area (Å²) in [5, 5.41) is 17.9. The number of hydrogen-bond acceptors (Lipinski definition) is 8. The van der Waals surface area contributed by atoms with Crippen molar-refractivity contribution in [3.05, 3.63) is 30.6 Å². The monoisotopic (exact) mass is 568 g/mol. The van der Waals surface area contributed by atoms with Gasteiger partial charge in [0.05, 0.1) is 11.8 Å². The third-order valence-corrected chi connectivity index (χ3v) is 8.75. The van der Waals surface area contributed by atoms with Crippen LogP contribution in [0.5, 0.6) is 0 Å². The van der Waals surface area contributed by atoms with E-state index in [2.05, 4.69) is 21.5 Å². The Morgan fingerprint density at radius 1 is 1.23 bits per heavy atom. The van der Waals surface area contributed by atoms with Crippen LogP contribution in [-0.4, -0.2) is 53.6 Å². The first-order chi connectivity index (χ1) is 19.1. The molecule has 2 aliphatic rings. The summed E-state index contributed by atoms with van der Waals surface area (Å²) in [6, 6.07) is 5.88. The van der Waals surface area contributed by atoms with Gasteiger partial charge in [0, 0.05) is 18.8 Å². The van der Waals surface area contributed by atoms with Crippen molar-refractivity contribution in [1.82, 2.24) is 14.6 Å². The van der Waals surface area contributed by atoms with Crippen LogP contribution in [0.25, 0.3) is 5.52 Å². The maximum absolute atomic E-state index is 12.8. The Balaban J connectivity index is 1.58. The SMILES string of the molecule is CCC(CC)C(=O)Nc1ncnn2c([C@]3(C#N)O[C@@H](COC(=O)CC4CCCCC4)[CH][C@H]3O[Si](C)(C)C)ccc12. The number of amides is 1. The van der Waals surface area contributed by atoms with Crippen LogP contribution < -0.4 is 5.32 Å². The van der Waals surface area contributed by atoms with Gasteiger partial charge in [-0.3, -0.25) is 9.59 Å². The molecule has 1 N–H and O–H groups in total. The van der Waals surface area contributed by atoms with Gasteiger partial charge in [-0.1, -0.05) is 33.1 Å². The van der Waals surface area contributed by atoms with E-state index in [1.807, 2.05) is 39.9 Å². The fourth-order valence-electron chi connectivity index (χ4n) is 5.67. The second kappa shape index (κ2) is 12.8. The number of aromatic nitrogens is 3. The predicted octanol–water partition coefficient (Wildman–Crippen LogP) is 5.16. The fourth-order valence-corrected chi connectivity index (χ4v) is 6.68. The van der Waals surface area contributed by atoms with Gasteiger partial charge in [-0.15, -0.1) is 0 Å². The topological polar surface area (TPSA) is 128 Å². The Bertz CT molecular complexity index is 1230. The van der Waals surface area contributed by atoms with E-state index in [9.17, 15) is 14.9 Å². The Kier molecular flexibility index (Phi) is 9.64. The Hall–Kier alpha value is -2.81. The van der Waals surface area contributed by atoms with Crippen molar-refractivity contribution >= 4 is 31.5 Å². The lowest BCUT2D eigenvalue weighted by Gasteiger charge is -2.31. The maximum Gasteiger partial charge on any atom is 0.306 e. The number of fused-ring (bicyclic) bond motifs is 1. The average molecular weight is 569 g/mol. The minimum Gasteiger partial charge on any atom is -0.463 e. The number of ether oxygens (including phenoxy) is 2. The number of rotatable bonds is 11. The third-order valence-electron chi connectivity index (χ3n) is 7.79. The van der Waals surface area contributed by atoms with E-state index in [0.29, 0.717) is 29.4 Å². The lowest BCUT2D eigenvalue weighted by Crippen LogP contribution is -2.44. The normalized spacial score (nSPS) is 23.8. The number of carbonyl (C=O) groups excluding carboxylic acids is 2. The lowest BCUT2D eigenvalue weighted by atomic mass is 9.87. The zero-order valence-electron chi connectivity index (χ0n) is 24.3. The average Bonchev–Trinajstić information content (AvgIpc) is 3.50. The van der Waals surface area contributed by atoms with Crippen LogP contribution in [0.2, 0.25) is 19.6 Å². The number of carbonyl (C=O) groups is 2. The molecule has 40 heavy (non-hydrogen) atoms. The summed E-state index contributed by atoms with van der Waals surface area (Å²) in [4.78, 5) is 29.7. The van der Waals surface area contributed by atoms with Crippen LogP contribution in [0.4, 0.5) is 5.82 Å². The number of nitrogens with one attached hydrogen (secondary N) is 1. The van der Waals surface area contributed by atoms with E-state index >= 15 is 0 Å². The molecule has 3 atom stereocenters. The highest BCUT2D eigenvalue weighted by Crippen LogP contribution is 2.43. The molecule has 3 heterocycles. The van der Waals surface area contributed by atoms with Crippen LogP contribution in [0.15, 0.2) is 18.5 Å². The van der Waals surface area contributed by atoms with Crippen molar-refractivity contribution in [3.8, 4) is 6.07 Å². The summed E-state index contributed by atoms with van der Waals surface area (Å²) >= 11 is 0. The van der Waals surface area contributed by atoms with E-state index in [-0.39, 0.29) is 24.4 Å². The molecule has 0 bridgehead atoms. The summed E-state index contributed by atoms with van der Waals surface area (Å²) in [7, 11) is -2.13. The minimum atomic E-state index is -2.13. The zero-order valence-corrected chi connectivity index (χ0v) is 25.3. The third kappa shape index (κ3) is 6.73. The summed E-state index contributed by atoms with van der Waals surface area (Å²) in [6.45, 7) is 10.1. The molecule has 2 aromatic rings. The first-order valence-corrected chi connectivity index (χ1v) is 17.9. The van der Waals surface area contributed by atoms with Crippen LogP contribution in [0.1, 0.15) is 70.9 Å². The highest BCUT2D eigenvalue weighted by Gasteiger charge is 2.55. The van der Waals surface area contributed by atoms with E-state index < -0.39 is 26.1 Å². The van der Waals surface area contributed by atoms with Crippen molar-refractivity contribution in [2.45, 2.75) is 103 Å². The molecule has 1 saturated heterocycles. The van der Waals surface area contributed by atoms with Gasteiger partial charge in [0.2, 0.25) is 11.5 Å². The Morgan fingerprint density at radius 2 is 1.95 bits per heavy atom. The molecule has 1 aliphatic carbocycles. The van der Waals surface area contributed by atoms with Crippen LogP contribution >= 0.6 is 0 Å². The number of anilines is 1. The molecule has 11 heteroatoms. The molecule has 10 nitrogen and oxygen atoms in total. The summed E-state index contributed by atoms with van der Waals surface area (Å²) in [5.74, 6) is 0.272. The van der Waals surface area contributed by atoms with Crippen molar-refractivity contribution in [2.75, 3.05) is 11.9 Å². The van der Waals surface area contributed by atoms with Crippen molar-refractivity contribution in [3.63, 3.8) is 0 Å². The van der Waals surface area contributed by atoms with Crippen molar-refractivity contribution < 1.29 is 23.5 Å². The first kappa shape index (κ1) is 30.2. The maximum atomic E-state index is 12.8. The molecule has 217 valence electrons. The Labute approximate surface area is 237 Å². The van der Waals surface area contributed by atoms with Gasteiger partial charge in [0.25, 0.3) is 0 Å². The molecule has 4 rings (SSSR count). The van der Waals surface area contributed by atoms with Crippen LogP contribution in [0, 0.1) is 29.6 Å². The number of nitrogens with zero attached hydrogens (tertiary/aromatic N) is 4. The highest BCUT2D eigenvalue weighted by atomic mass is 28.4. The predicted molar refractivity (Wildman–Crippen MR) is 153 cm³/mol. The number of esters is 1. The largest absolute Gasteiger partial charge is 0.463 e. The van der Waals surface area contributed by atoms with Gasteiger partial charge in [0.1, 0.15) is 30.6 Å². The zero-order chi connectivity index (χ0) is 28.9. The van der Waals surface area contributed by atoms with Gasteiger partial charge in [0.15, 0.2) is 14.1 Å². The summed E-state index contributed by atoms with van der Waals surface area (Å²) < 4.78 is 20.0. The summed E-state index contributed by atoms with van der Waals surface area (Å²) in [6.07, 6.45) is 9.38. The molecule has 1 radical (unpaired) electrons. The van der Waals surface area contributed by atoms with Gasteiger partial charge >= 0.3 is 5.97 Å². The van der Waals surface area contributed by atoms with E-state index in [1.165, 1.54) is 12.7 Å². The molecule has 1 saturated carbocycles. The Morgan fingerprint density at radius 3 is 2.60 bits per heavy atom. The van der Waals surface area contributed by atoms with Crippen molar-refractivity contribution in [2.24, 2.45) is 11.8 Å². The fraction of sp³-hybridized carbons (Fsp3) is 0.655. The molecule has 0 spiro atoms. The number of hydrogen-bond donors (Lipinski definition) is 1. The standard InChI is InChI=1S/C29H42N5O5Si/c1-6-21(7-2)28(36)33-27-23-13-14-24(34(23)32-19-31-27)29(18-30)25(39-40(3,4)5)16-22(38-29)17-37-26(35)15-20-11-9-8-10-12-20/h13-14,16,19-22,25H,6-12,15,17H2,1-5H3,(H,31,32,33,36)/t22-,25-,29+/m1/s1. The lowest BCUT2D eigenvalue weighted by molar-refractivity contribution is -0.150. The quantitative estimate of drug-likeness (QED) is 0.291. The van der Waals surface area contributed by atoms with Crippen LogP contribution in [-0.2, 0) is 29.1 Å². The molecule has 0 unspecified atom stereocenters. The minimum absolute atomic E-state index is 0.00949. The second-order valence-electron chi connectivity index (χ2n) is 11.9. The van der Waals surface area contributed by atoms with E-state index in [0.717, 1.165) is 38.5 Å². The van der Waals surface area contributed by atoms with E-state index in [4.69, 9.17) is 13.9 Å². The van der Waals surface area contributed by atoms with Crippen LogP contribution in [0.3, 0.4) is 0 Å². The summed E-state index contributed by atoms with van der Waals surface area (Å²) in [5.41, 5.74) is -0.525. The number of nitriles is 1. The highest BCUT2D eigenvalue weighted by molar-refractivity contribution is 6.69. The molecular formula is C29H42N5O5Si. The van der Waals surface area contributed by atoms with Gasteiger partial charge < -0.3 is 19.2 Å². The molecule has 2 aromatic heterocycles. The van der Waals surface area contributed by atoms with E-state index in [1.54, 1.807) is 16.6 Å². The van der Waals surface area contributed by atoms with Gasteiger partial charge in [-0.25, -0.2) is 9.50 Å². The molecular weight excluding hydrogens is 526 g/mol. The van der Waals surface area contributed by atoms with Gasteiger partial charge in [-0.05, 0) is 63.4 Å². The smallest absolute Gasteiger partial charge is 0.306 e. The first-order valence-electron chi connectivity index (χ1n) is 14.5. The van der Waals surface area contributed by atoms with Crippen molar-refractivity contribution in [1.29, 1.82) is 5.26 Å². The molecule has 1 aliphatic heterocycles. The second-order valence-corrected chi connectivity index (χ2v) is 16.3. The molecule has 0 aromatic carbocycles. The van der Waals surface area contributed by atoms with Gasteiger partial charge in [-0.2, -0.15) is 10.4 Å².